The topological polar surface area (TPSA) is 12.0 Å². The minimum atomic E-state index is 0.503. The number of hydrogen-bond donors (Lipinski definition) is 1. The number of nitrogens with one attached hydrogen (secondary N) is 1. The Hall–Kier alpha value is -1.26. The smallest absolute Gasteiger partial charge is 0.0116 e. The summed E-state index contributed by atoms with van der Waals surface area (Å²) in [6.45, 7) is 5.25. The molecule has 1 nitrogen and oxygen atoms in total. The van der Waals surface area contributed by atoms with E-state index < -0.39 is 0 Å². The van der Waals surface area contributed by atoms with Crippen LogP contribution < -0.4 is 5.32 Å². The SMILES string of the molecule is C#CCCC(Cc1ccc(C)cc1)NCC. The first kappa shape index (κ1) is 12.8. The first-order chi connectivity index (χ1) is 7.76. The average Bonchev–Trinajstić information content (AvgIpc) is 2.29. The first-order valence-electron chi connectivity index (χ1n) is 5.98. The van der Waals surface area contributed by atoms with Crippen LogP contribution in [-0.2, 0) is 6.42 Å². The molecule has 1 rings (SSSR count). The lowest BCUT2D eigenvalue weighted by molar-refractivity contribution is 0.497. The van der Waals surface area contributed by atoms with E-state index in [0.717, 1.165) is 25.8 Å². The van der Waals surface area contributed by atoms with Gasteiger partial charge in [0.05, 0.1) is 0 Å². The van der Waals surface area contributed by atoms with Crippen molar-refractivity contribution >= 4 is 0 Å². The van der Waals surface area contributed by atoms with Gasteiger partial charge < -0.3 is 5.32 Å². The Labute approximate surface area is 99.3 Å². The third-order valence-electron chi connectivity index (χ3n) is 2.73. The van der Waals surface area contributed by atoms with Crippen molar-refractivity contribution < 1.29 is 0 Å². The average molecular weight is 215 g/mol. The second-order valence-electron chi connectivity index (χ2n) is 4.19. The van der Waals surface area contributed by atoms with E-state index in [0.29, 0.717) is 6.04 Å². The molecule has 1 atom stereocenters. The van der Waals surface area contributed by atoms with E-state index in [9.17, 15) is 0 Å². The van der Waals surface area contributed by atoms with Crippen molar-refractivity contribution in [2.75, 3.05) is 6.54 Å². The highest BCUT2D eigenvalue weighted by Crippen LogP contribution is 2.09. The molecule has 1 aromatic rings. The van der Waals surface area contributed by atoms with Crippen LogP contribution in [0.25, 0.3) is 0 Å². The predicted octanol–water partition coefficient (Wildman–Crippen LogP) is 2.93. The summed E-state index contributed by atoms with van der Waals surface area (Å²) < 4.78 is 0. The summed E-state index contributed by atoms with van der Waals surface area (Å²) in [5.74, 6) is 2.71. The van der Waals surface area contributed by atoms with Crippen molar-refractivity contribution in [3.63, 3.8) is 0 Å². The fourth-order valence-corrected chi connectivity index (χ4v) is 1.83. The molecule has 0 fully saturated rings. The highest BCUT2D eigenvalue weighted by molar-refractivity contribution is 5.22. The van der Waals surface area contributed by atoms with E-state index in [1.165, 1.54) is 11.1 Å². The Balaban J connectivity index is 2.53. The minimum Gasteiger partial charge on any atom is -0.314 e. The molecule has 0 amide bonds. The second-order valence-corrected chi connectivity index (χ2v) is 4.19. The van der Waals surface area contributed by atoms with Gasteiger partial charge in [-0.2, -0.15) is 0 Å². The maximum absolute atomic E-state index is 5.31. The van der Waals surface area contributed by atoms with Gasteiger partial charge in [-0.25, -0.2) is 0 Å². The number of rotatable bonds is 6. The van der Waals surface area contributed by atoms with Gasteiger partial charge in [0.2, 0.25) is 0 Å². The maximum atomic E-state index is 5.31. The molecule has 0 heterocycles. The summed E-state index contributed by atoms with van der Waals surface area (Å²) in [7, 11) is 0. The summed E-state index contributed by atoms with van der Waals surface area (Å²) in [5.41, 5.74) is 2.70. The normalized spacial score (nSPS) is 12.1. The molecule has 86 valence electrons. The van der Waals surface area contributed by atoms with Gasteiger partial charge in [0, 0.05) is 12.5 Å². The lowest BCUT2D eigenvalue weighted by Gasteiger charge is -2.16. The summed E-state index contributed by atoms with van der Waals surface area (Å²) in [4.78, 5) is 0. The Morgan fingerprint density at radius 3 is 2.56 bits per heavy atom. The molecule has 1 N–H and O–H groups in total. The number of likely N-dealkylation sites (N-methyl/N-ethyl adjacent to an activating group) is 1. The fraction of sp³-hybridized carbons (Fsp3) is 0.467. The number of benzene rings is 1. The van der Waals surface area contributed by atoms with Crippen molar-refractivity contribution in [2.24, 2.45) is 0 Å². The zero-order valence-corrected chi connectivity index (χ0v) is 10.3. The van der Waals surface area contributed by atoms with E-state index in [1.54, 1.807) is 0 Å². The third-order valence-corrected chi connectivity index (χ3v) is 2.73. The van der Waals surface area contributed by atoms with Crippen LogP contribution in [-0.4, -0.2) is 12.6 Å². The molecule has 0 aliphatic heterocycles. The molecule has 16 heavy (non-hydrogen) atoms. The van der Waals surface area contributed by atoms with Gasteiger partial charge in [-0.05, 0) is 31.9 Å². The van der Waals surface area contributed by atoms with Crippen LogP contribution in [0.15, 0.2) is 24.3 Å². The van der Waals surface area contributed by atoms with Gasteiger partial charge in [-0.3, -0.25) is 0 Å². The zero-order chi connectivity index (χ0) is 11.8. The molecule has 1 aromatic carbocycles. The Bertz CT molecular complexity index is 331. The molecule has 0 spiro atoms. The molecule has 0 bridgehead atoms. The molecule has 0 saturated carbocycles. The molecule has 0 aliphatic carbocycles. The van der Waals surface area contributed by atoms with Gasteiger partial charge in [-0.15, -0.1) is 12.3 Å². The van der Waals surface area contributed by atoms with Crippen LogP contribution in [0.1, 0.15) is 30.9 Å². The summed E-state index contributed by atoms with van der Waals surface area (Å²) in [6.07, 6.45) is 8.28. The third kappa shape index (κ3) is 4.51. The zero-order valence-electron chi connectivity index (χ0n) is 10.3. The number of terminal acetylenes is 1. The van der Waals surface area contributed by atoms with E-state index >= 15 is 0 Å². The van der Waals surface area contributed by atoms with Gasteiger partial charge in [0.25, 0.3) is 0 Å². The summed E-state index contributed by atoms with van der Waals surface area (Å²) >= 11 is 0. The van der Waals surface area contributed by atoms with Crippen molar-refractivity contribution in [1.29, 1.82) is 0 Å². The van der Waals surface area contributed by atoms with Gasteiger partial charge in [-0.1, -0.05) is 36.8 Å². The molecule has 0 aromatic heterocycles. The van der Waals surface area contributed by atoms with Crippen molar-refractivity contribution in [3.05, 3.63) is 35.4 Å². The van der Waals surface area contributed by atoms with E-state index in [-0.39, 0.29) is 0 Å². The van der Waals surface area contributed by atoms with Crippen LogP contribution in [0.4, 0.5) is 0 Å². The van der Waals surface area contributed by atoms with Crippen LogP contribution in [0.3, 0.4) is 0 Å². The van der Waals surface area contributed by atoms with E-state index in [2.05, 4.69) is 49.4 Å². The summed E-state index contributed by atoms with van der Waals surface area (Å²) in [6, 6.07) is 9.24. The van der Waals surface area contributed by atoms with Crippen LogP contribution in [0.5, 0.6) is 0 Å². The van der Waals surface area contributed by atoms with E-state index in [1.807, 2.05) is 0 Å². The second kappa shape index (κ2) is 7.09. The predicted molar refractivity (Wildman–Crippen MR) is 70.4 cm³/mol. The summed E-state index contributed by atoms with van der Waals surface area (Å²) in [5, 5.41) is 3.48. The Morgan fingerprint density at radius 2 is 2.00 bits per heavy atom. The number of hydrogen-bond acceptors (Lipinski definition) is 1. The lowest BCUT2D eigenvalue weighted by Crippen LogP contribution is -2.30. The van der Waals surface area contributed by atoms with Crippen LogP contribution in [0, 0.1) is 19.3 Å². The van der Waals surface area contributed by atoms with Crippen molar-refractivity contribution in [2.45, 2.75) is 39.2 Å². The molecule has 0 saturated heterocycles. The molecular formula is C15H21N. The largest absolute Gasteiger partial charge is 0.314 e. The Kier molecular flexibility index (Phi) is 5.67. The number of aryl methyl sites for hydroxylation is 1. The minimum absolute atomic E-state index is 0.503. The van der Waals surface area contributed by atoms with Gasteiger partial charge in [0.1, 0.15) is 0 Å². The van der Waals surface area contributed by atoms with Gasteiger partial charge >= 0.3 is 0 Å². The fourth-order valence-electron chi connectivity index (χ4n) is 1.83. The lowest BCUT2D eigenvalue weighted by atomic mass is 10.0. The maximum Gasteiger partial charge on any atom is 0.0116 e. The molecule has 0 radical (unpaired) electrons. The van der Waals surface area contributed by atoms with Crippen molar-refractivity contribution in [3.8, 4) is 12.3 Å². The van der Waals surface area contributed by atoms with Crippen LogP contribution in [0.2, 0.25) is 0 Å². The van der Waals surface area contributed by atoms with E-state index in [4.69, 9.17) is 6.42 Å². The first-order valence-corrected chi connectivity index (χ1v) is 5.98. The molecule has 1 heteroatoms. The standard InChI is InChI=1S/C15H21N/c1-4-6-7-15(16-5-2)12-14-10-8-13(3)9-11-14/h1,8-11,15-16H,5-7,12H2,2-3H3. The van der Waals surface area contributed by atoms with Crippen molar-refractivity contribution in [1.82, 2.24) is 5.32 Å². The highest BCUT2D eigenvalue weighted by atomic mass is 14.9. The molecular weight excluding hydrogens is 194 g/mol. The highest BCUT2D eigenvalue weighted by Gasteiger charge is 2.07. The molecule has 1 unspecified atom stereocenters. The quantitative estimate of drug-likeness (QED) is 0.719. The molecule has 0 aliphatic rings. The van der Waals surface area contributed by atoms with Gasteiger partial charge in [0.15, 0.2) is 0 Å². The Morgan fingerprint density at radius 1 is 1.31 bits per heavy atom. The monoisotopic (exact) mass is 215 g/mol. The van der Waals surface area contributed by atoms with Crippen LogP contribution >= 0.6 is 0 Å².